The van der Waals surface area contributed by atoms with Crippen molar-refractivity contribution < 1.29 is 18.7 Å². The molecule has 1 heterocycles. The number of carbonyl (C=O) groups excluding carboxylic acids is 2. The molecule has 0 spiro atoms. The van der Waals surface area contributed by atoms with Gasteiger partial charge in [-0.25, -0.2) is 4.39 Å². The number of rotatable bonds is 4. The Kier molecular flexibility index (Phi) is 5.46. The molecule has 7 heteroatoms. The summed E-state index contributed by atoms with van der Waals surface area (Å²) in [4.78, 5) is 27.6. The van der Waals surface area contributed by atoms with Gasteiger partial charge in [0.15, 0.2) is 0 Å². The van der Waals surface area contributed by atoms with Gasteiger partial charge in [-0.2, -0.15) is 0 Å². The van der Waals surface area contributed by atoms with E-state index in [0.717, 1.165) is 0 Å². The lowest BCUT2D eigenvalue weighted by atomic mass is 10.1. The van der Waals surface area contributed by atoms with E-state index < -0.39 is 11.9 Å². The summed E-state index contributed by atoms with van der Waals surface area (Å²) in [7, 11) is 1.49. The van der Waals surface area contributed by atoms with E-state index in [9.17, 15) is 14.0 Å². The van der Waals surface area contributed by atoms with Gasteiger partial charge in [0.25, 0.3) is 5.91 Å². The Bertz CT molecular complexity index is 545. The normalized spacial score (nSPS) is 16.5. The van der Waals surface area contributed by atoms with Crippen molar-refractivity contribution in [3.05, 3.63) is 35.6 Å². The molecule has 1 aliphatic rings. The van der Waals surface area contributed by atoms with Crippen molar-refractivity contribution in [1.29, 1.82) is 0 Å². The average Bonchev–Trinajstić information content (AvgIpc) is 2.54. The second-order valence-corrected chi connectivity index (χ2v) is 5.19. The van der Waals surface area contributed by atoms with Gasteiger partial charge in [0.1, 0.15) is 11.9 Å². The van der Waals surface area contributed by atoms with Crippen LogP contribution in [-0.4, -0.2) is 67.6 Å². The molecule has 0 bridgehead atoms. The van der Waals surface area contributed by atoms with E-state index in [-0.39, 0.29) is 18.4 Å². The summed E-state index contributed by atoms with van der Waals surface area (Å²) in [5, 5.41) is 0. The lowest BCUT2D eigenvalue weighted by molar-refractivity contribution is -0.135. The first-order valence-electron chi connectivity index (χ1n) is 7.11. The summed E-state index contributed by atoms with van der Waals surface area (Å²) in [5.41, 5.74) is 6.04. The first-order chi connectivity index (χ1) is 10.5. The topological polar surface area (TPSA) is 75.9 Å². The number of benzene rings is 1. The lowest BCUT2D eigenvalue weighted by Crippen LogP contribution is -2.55. The fourth-order valence-electron chi connectivity index (χ4n) is 2.42. The number of amides is 2. The molecule has 1 unspecified atom stereocenters. The van der Waals surface area contributed by atoms with E-state index in [2.05, 4.69) is 0 Å². The number of nitrogens with zero attached hydrogens (tertiary/aromatic N) is 2. The molecule has 1 aromatic carbocycles. The maximum atomic E-state index is 13.2. The lowest BCUT2D eigenvalue weighted by Gasteiger charge is -2.35. The highest BCUT2D eigenvalue weighted by Gasteiger charge is 2.27. The van der Waals surface area contributed by atoms with E-state index in [4.69, 9.17) is 10.5 Å². The number of nitrogens with two attached hydrogens (primary N) is 1. The molecule has 1 saturated heterocycles. The molecule has 0 aromatic heterocycles. The number of carbonyl (C=O) groups is 2. The van der Waals surface area contributed by atoms with Gasteiger partial charge in [-0.1, -0.05) is 6.07 Å². The van der Waals surface area contributed by atoms with E-state index in [0.29, 0.717) is 31.7 Å². The summed E-state index contributed by atoms with van der Waals surface area (Å²) in [6, 6.07) is 4.91. The van der Waals surface area contributed by atoms with Gasteiger partial charge in [0.05, 0.1) is 6.61 Å². The molecule has 1 aliphatic heterocycles. The largest absolute Gasteiger partial charge is 0.383 e. The van der Waals surface area contributed by atoms with Crippen LogP contribution in [0, 0.1) is 5.82 Å². The smallest absolute Gasteiger partial charge is 0.254 e. The Hall–Kier alpha value is -1.99. The quantitative estimate of drug-likeness (QED) is 0.855. The summed E-state index contributed by atoms with van der Waals surface area (Å²) in [6.07, 6.45) is 0. The molecule has 1 aromatic rings. The SMILES string of the molecule is COCC(N)C(=O)N1CCN(C(=O)c2cccc(F)c2)CC1. The highest BCUT2D eigenvalue weighted by atomic mass is 19.1. The van der Waals surface area contributed by atoms with Gasteiger partial charge in [0, 0.05) is 38.9 Å². The van der Waals surface area contributed by atoms with Crippen LogP contribution >= 0.6 is 0 Å². The van der Waals surface area contributed by atoms with Gasteiger partial charge in [0.2, 0.25) is 5.91 Å². The molecule has 1 fully saturated rings. The summed E-state index contributed by atoms with van der Waals surface area (Å²) >= 11 is 0. The number of hydrogen-bond donors (Lipinski definition) is 1. The van der Waals surface area contributed by atoms with Gasteiger partial charge in [-0.05, 0) is 18.2 Å². The third kappa shape index (κ3) is 3.80. The monoisotopic (exact) mass is 309 g/mol. The molecule has 1 atom stereocenters. The molecule has 0 saturated carbocycles. The number of piperazine rings is 1. The minimum absolute atomic E-state index is 0.168. The zero-order valence-electron chi connectivity index (χ0n) is 12.5. The van der Waals surface area contributed by atoms with Gasteiger partial charge in [-0.3, -0.25) is 9.59 Å². The molecule has 6 nitrogen and oxygen atoms in total. The Balaban J connectivity index is 1.92. The molecular weight excluding hydrogens is 289 g/mol. The van der Waals surface area contributed by atoms with E-state index >= 15 is 0 Å². The molecule has 2 N–H and O–H groups in total. The first kappa shape index (κ1) is 16.4. The van der Waals surface area contributed by atoms with Crippen molar-refractivity contribution in [3.8, 4) is 0 Å². The highest BCUT2D eigenvalue weighted by molar-refractivity contribution is 5.94. The molecule has 22 heavy (non-hydrogen) atoms. The summed E-state index contributed by atoms with van der Waals surface area (Å²) < 4.78 is 18.0. The second kappa shape index (κ2) is 7.33. The number of hydrogen-bond acceptors (Lipinski definition) is 4. The second-order valence-electron chi connectivity index (χ2n) is 5.19. The van der Waals surface area contributed by atoms with Gasteiger partial charge >= 0.3 is 0 Å². The van der Waals surface area contributed by atoms with Crippen LogP contribution in [-0.2, 0) is 9.53 Å². The number of ether oxygens (including phenoxy) is 1. The molecule has 0 aliphatic carbocycles. The van der Waals surface area contributed by atoms with E-state index in [1.807, 2.05) is 0 Å². The Morgan fingerprint density at radius 1 is 1.27 bits per heavy atom. The molecule has 2 rings (SSSR count). The molecule has 2 amide bonds. The maximum Gasteiger partial charge on any atom is 0.254 e. The third-order valence-corrected chi connectivity index (χ3v) is 3.61. The van der Waals surface area contributed by atoms with Crippen LogP contribution in [0.5, 0.6) is 0 Å². The van der Waals surface area contributed by atoms with Crippen molar-refractivity contribution in [2.45, 2.75) is 6.04 Å². The van der Waals surface area contributed by atoms with Crippen molar-refractivity contribution in [2.75, 3.05) is 39.9 Å². The molecule has 120 valence electrons. The van der Waals surface area contributed by atoms with Crippen LogP contribution < -0.4 is 5.73 Å². The van der Waals surface area contributed by atoms with Gasteiger partial charge < -0.3 is 20.3 Å². The van der Waals surface area contributed by atoms with Crippen LogP contribution in [0.4, 0.5) is 4.39 Å². The number of methoxy groups -OCH3 is 1. The van der Waals surface area contributed by atoms with Crippen molar-refractivity contribution >= 4 is 11.8 Å². The van der Waals surface area contributed by atoms with Crippen LogP contribution in [0.2, 0.25) is 0 Å². The van der Waals surface area contributed by atoms with Gasteiger partial charge in [-0.15, -0.1) is 0 Å². The Morgan fingerprint density at radius 2 is 1.91 bits per heavy atom. The van der Waals surface area contributed by atoms with Crippen molar-refractivity contribution in [3.63, 3.8) is 0 Å². The van der Waals surface area contributed by atoms with Crippen LogP contribution in [0.25, 0.3) is 0 Å². The minimum Gasteiger partial charge on any atom is -0.383 e. The van der Waals surface area contributed by atoms with Crippen LogP contribution in [0.1, 0.15) is 10.4 Å². The standard InChI is InChI=1S/C15H20FN3O3/c1-22-10-13(17)15(21)19-7-5-18(6-8-19)14(20)11-3-2-4-12(16)9-11/h2-4,9,13H,5-8,10,17H2,1H3. The summed E-state index contributed by atoms with van der Waals surface area (Å²) in [5.74, 6) is -0.849. The van der Waals surface area contributed by atoms with Crippen molar-refractivity contribution in [1.82, 2.24) is 9.80 Å². The minimum atomic E-state index is -0.685. The molecular formula is C15H20FN3O3. The third-order valence-electron chi connectivity index (χ3n) is 3.61. The first-order valence-corrected chi connectivity index (χ1v) is 7.11. The fourth-order valence-corrected chi connectivity index (χ4v) is 2.42. The average molecular weight is 309 g/mol. The molecule has 0 radical (unpaired) electrons. The predicted octanol–water partition coefficient (Wildman–Crippen LogP) is 0.0838. The van der Waals surface area contributed by atoms with E-state index in [1.165, 1.54) is 25.3 Å². The van der Waals surface area contributed by atoms with Crippen LogP contribution in [0.3, 0.4) is 0 Å². The Morgan fingerprint density at radius 3 is 2.50 bits per heavy atom. The number of halogens is 1. The van der Waals surface area contributed by atoms with E-state index in [1.54, 1.807) is 15.9 Å². The zero-order valence-corrected chi connectivity index (χ0v) is 12.5. The van der Waals surface area contributed by atoms with Crippen molar-refractivity contribution in [2.24, 2.45) is 5.73 Å². The zero-order chi connectivity index (χ0) is 16.1. The fraction of sp³-hybridized carbons (Fsp3) is 0.467. The maximum absolute atomic E-state index is 13.2. The van der Waals surface area contributed by atoms with Crippen LogP contribution in [0.15, 0.2) is 24.3 Å². The summed E-state index contributed by atoms with van der Waals surface area (Å²) in [6.45, 7) is 1.80. The Labute approximate surface area is 128 Å². The predicted molar refractivity (Wildman–Crippen MR) is 78.7 cm³/mol. The highest BCUT2D eigenvalue weighted by Crippen LogP contribution is 2.11.